The van der Waals surface area contributed by atoms with Gasteiger partial charge in [-0.05, 0) is 35.3 Å². The molecule has 20 heavy (non-hydrogen) atoms. The van der Waals surface area contributed by atoms with Crippen LogP contribution >= 0.6 is 23.1 Å². The van der Waals surface area contributed by atoms with Gasteiger partial charge in [0.05, 0.1) is 4.88 Å². The van der Waals surface area contributed by atoms with Crippen LogP contribution in [0.15, 0.2) is 45.9 Å². The molecule has 0 saturated carbocycles. The zero-order valence-corrected chi connectivity index (χ0v) is 12.1. The van der Waals surface area contributed by atoms with Gasteiger partial charge in [-0.1, -0.05) is 12.1 Å². The molecule has 0 saturated heterocycles. The number of hydrogen-bond donors (Lipinski definition) is 0. The quantitative estimate of drug-likeness (QED) is 0.743. The molecule has 7 heteroatoms. The topological polar surface area (TPSA) is 67.4 Å². The molecular formula is C13H9N5S2. The Balaban J connectivity index is 1.90. The molecule has 0 amide bonds. The maximum absolute atomic E-state index is 8.86. The summed E-state index contributed by atoms with van der Waals surface area (Å²) in [5.74, 6) is 0.832. The van der Waals surface area contributed by atoms with E-state index in [0.29, 0.717) is 5.69 Å². The minimum Gasteiger partial charge on any atom is -0.304 e. The van der Waals surface area contributed by atoms with E-state index in [1.54, 1.807) is 17.4 Å². The zero-order valence-electron chi connectivity index (χ0n) is 10.5. The zero-order chi connectivity index (χ0) is 13.9. The summed E-state index contributed by atoms with van der Waals surface area (Å²) in [5, 5.41) is 20.7. The number of nitrogens with zero attached hydrogens (tertiary/aromatic N) is 5. The van der Waals surface area contributed by atoms with Crippen LogP contribution in [0, 0.1) is 11.3 Å². The Kier molecular flexibility index (Phi) is 3.50. The predicted molar refractivity (Wildman–Crippen MR) is 77.4 cm³/mol. The standard InChI is InChI=1S/C13H9N5S2/c1-18-12(10-5-3-7-19-10)16-17-13(18)20-11-6-2-4-9(8-14)15-11/h2-7H,1H3. The molecule has 0 spiro atoms. The summed E-state index contributed by atoms with van der Waals surface area (Å²) in [6, 6.07) is 11.4. The molecule has 0 aromatic carbocycles. The van der Waals surface area contributed by atoms with Crippen molar-refractivity contribution >= 4 is 23.1 Å². The Hall–Kier alpha value is -2.17. The van der Waals surface area contributed by atoms with E-state index < -0.39 is 0 Å². The highest BCUT2D eigenvalue weighted by atomic mass is 32.2. The molecule has 0 aliphatic rings. The number of hydrogen-bond acceptors (Lipinski definition) is 6. The third-order valence-corrected chi connectivity index (χ3v) is 4.45. The smallest absolute Gasteiger partial charge is 0.197 e. The van der Waals surface area contributed by atoms with Crippen molar-refractivity contribution < 1.29 is 0 Å². The SMILES string of the molecule is Cn1c(Sc2cccc(C#N)n2)nnc1-c1cccs1. The average Bonchev–Trinajstić information content (AvgIpc) is 3.10. The molecule has 0 unspecified atom stereocenters. The van der Waals surface area contributed by atoms with Crippen LogP contribution in [0.5, 0.6) is 0 Å². The Labute approximate surface area is 123 Å². The third kappa shape index (κ3) is 2.43. The number of nitriles is 1. The lowest BCUT2D eigenvalue weighted by Crippen LogP contribution is -1.94. The van der Waals surface area contributed by atoms with Crippen molar-refractivity contribution in [2.45, 2.75) is 10.2 Å². The van der Waals surface area contributed by atoms with Crippen molar-refractivity contribution in [3.8, 4) is 16.8 Å². The van der Waals surface area contributed by atoms with Gasteiger partial charge < -0.3 is 4.57 Å². The second-order valence-corrected chi connectivity index (χ2v) is 5.85. The van der Waals surface area contributed by atoms with Crippen molar-refractivity contribution in [3.63, 3.8) is 0 Å². The van der Waals surface area contributed by atoms with E-state index in [1.165, 1.54) is 11.8 Å². The summed E-state index contributed by atoms with van der Waals surface area (Å²) in [4.78, 5) is 5.30. The number of pyridine rings is 1. The first-order chi connectivity index (χ1) is 9.78. The Bertz CT molecular complexity index is 770. The molecule has 3 rings (SSSR count). The minimum absolute atomic E-state index is 0.399. The van der Waals surface area contributed by atoms with Gasteiger partial charge in [-0.2, -0.15) is 5.26 Å². The molecule has 0 aliphatic heterocycles. The van der Waals surface area contributed by atoms with Crippen molar-refractivity contribution in [1.82, 2.24) is 19.7 Å². The van der Waals surface area contributed by atoms with Gasteiger partial charge in [-0.25, -0.2) is 4.98 Å². The van der Waals surface area contributed by atoms with E-state index in [4.69, 9.17) is 5.26 Å². The first kappa shape index (κ1) is 12.8. The largest absolute Gasteiger partial charge is 0.304 e. The fourth-order valence-electron chi connectivity index (χ4n) is 1.65. The highest BCUT2D eigenvalue weighted by Gasteiger charge is 2.13. The lowest BCUT2D eigenvalue weighted by Gasteiger charge is -2.02. The minimum atomic E-state index is 0.399. The predicted octanol–water partition coefficient (Wildman–Crippen LogP) is 2.96. The Morgan fingerprint density at radius 3 is 2.90 bits per heavy atom. The van der Waals surface area contributed by atoms with Gasteiger partial charge in [0, 0.05) is 7.05 Å². The lowest BCUT2D eigenvalue weighted by molar-refractivity contribution is 0.793. The van der Waals surface area contributed by atoms with Crippen LogP contribution < -0.4 is 0 Å². The van der Waals surface area contributed by atoms with Crippen LogP contribution in [0.1, 0.15) is 5.69 Å². The van der Waals surface area contributed by atoms with Crippen molar-refractivity contribution in [3.05, 3.63) is 41.4 Å². The van der Waals surface area contributed by atoms with Crippen molar-refractivity contribution in [2.75, 3.05) is 0 Å². The first-order valence-electron chi connectivity index (χ1n) is 5.76. The van der Waals surface area contributed by atoms with E-state index in [-0.39, 0.29) is 0 Å². The molecule has 98 valence electrons. The van der Waals surface area contributed by atoms with Crippen molar-refractivity contribution in [1.29, 1.82) is 5.26 Å². The summed E-state index contributed by atoms with van der Waals surface area (Å²) in [6.45, 7) is 0. The number of aromatic nitrogens is 4. The molecule has 0 bridgehead atoms. The highest BCUT2D eigenvalue weighted by Crippen LogP contribution is 2.29. The highest BCUT2D eigenvalue weighted by molar-refractivity contribution is 7.99. The molecule has 3 heterocycles. The van der Waals surface area contributed by atoms with Gasteiger partial charge >= 0.3 is 0 Å². The fraction of sp³-hybridized carbons (Fsp3) is 0.0769. The third-order valence-electron chi connectivity index (χ3n) is 2.61. The van der Waals surface area contributed by atoms with Crippen LogP contribution in [0.3, 0.4) is 0 Å². The van der Waals surface area contributed by atoms with Crippen LogP contribution in [0.2, 0.25) is 0 Å². The second-order valence-electron chi connectivity index (χ2n) is 3.92. The molecule has 0 N–H and O–H groups in total. The van der Waals surface area contributed by atoms with Gasteiger partial charge in [0.2, 0.25) is 0 Å². The number of thiophene rings is 1. The normalized spacial score (nSPS) is 10.4. The molecule has 0 radical (unpaired) electrons. The van der Waals surface area contributed by atoms with Gasteiger partial charge in [-0.15, -0.1) is 21.5 Å². The fourth-order valence-corrected chi connectivity index (χ4v) is 3.18. The monoisotopic (exact) mass is 299 g/mol. The summed E-state index contributed by atoms with van der Waals surface area (Å²) in [5.41, 5.74) is 0.399. The van der Waals surface area contributed by atoms with Crippen molar-refractivity contribution in [2.24, 2.45) is 7.05 Å². The van der Waals surface area contributed by atoms with Gasteiger partial charge in [0.1, 0.15) is 16.8 Å². The van der Waals surface area contributed by atoms with E-state index in [1.807, 2.05) is 47.3 Å². The average molecular weight is 299 g/mol. The van der Waals surface area contributed by atoms with Crippen LogP contribution in [0.25, 0.3) is 10.7 Å². The van der Waals surface area contributed by atoms with E-state index in [2.05, 4.69) is 15.2 Å². The van der Waals surface area contributed by atoms with E-state index in [0.717, 1.165) is 20.9 Å². The molecule has 0 atom stereocenters. The first-order valence-corrected chi connectivity index (χ1v) is 7.46. The summed E-state index contributed by atoms with van der Waals surface area (Å²) >= 11 is 3.02. The maximum Gasteiger partial charge on any atom is 0.197 e. The molecule has 0 aliphatic carbocycles. The summed E-state index contributed by atoms with van der Waals surface area (Å²) < 4.78 is 1.93. The summed E-state index contributed by atoms with van der Waals surface area (Å²) in [7, 11) is 1.92. The Morgan fingerprint density at radius 1 is 1.25 bits per heavy atom. The van der Waals surface area contributed by atoms with E-state index in [9.17, 15) is 0 Å². The molecule has 5 nitrogen and oxygen atoms in total. The molecule has 3 aromatic heterocycles. The number of rotatable bonds is 3. The lowest BCUT2D eigenvalue weighted by atomic mass is 10.4. The second kappa shape index (κ2) is 5.45. The maximum atomic E-state index is 8.86. The van der Waals surface area contributed by atoms with Crippen LogP contribution in [-0.4, -0.2) is 19.7 Å². The van der Waals surface area contributed by atoms with E-state index >= 15 is 0 Å². The van der Waals surface area contributed by atoms with Gasteiger partial charge in [-0.3, -0.25) is 0 Å². The van der Waals surface area contributed by atoms with Crippen LogP contribution in [-0.2, 0) is 7.05 Å². The van der Waals surface area contributed by atoms with Gasteiger partial charge in [0.15, 0.2) is 11.0 Å². The van der Waals surface area contributed by atoms with Crippen LogP contribution in [0.4, 0.5) is 0 Å². The van der Waals surface area contributed by atoms with Gasteiger partial charge in [0.25, 0.3) is 0 Å². The molecular weight excluding hydrogens is 290 g/mol. The summed E-state index contributed by atoms with van der Waals surface area (Å²) in [6.07, 6.45) is 0. The Morgan fingerprint density at radius 2 is 2.15 bits per heavy atom. The molecule has 0 fully saturated rings. The molecule has 3 aromatic rings.